The van der Waals surface area contributed by atoms with Gasteiger partial charge in [0, 0.05) is 0 Å². The first-order chi connectivity index (χ1) is 10.1. The Morgan fingerprint density at radius 2 is 2.10 bits per heavy atom. The summed E-state index contributed by atoms with van der Waals surface area (Å²) in [7, 11) is 0. The van der Waals surface area contributed by atoms with Crippen molar-refractivity contribution in [2.45, 2.75) is 0 Å². The second kappa shape index (κ2) is 5.88. The van der Waals surface area contributed by atoms with E-state index in [0.717, 1.165) is 4.88 Å². The molecule has 106 valence electrons. The molecule has 0 saturated heterocycles. The molecule has 1 N–H and O–H groups in total. The third-order valence-corrected chi connectivity index (χ3v) is 4.76. The molecule has 0 fully saturated rings. The Labute approximate surface area is 132 Å². The van der Waals surface area contributed by atoms with Crippen molar-refractivity contribution < 1.29 is 9.18 Å². The number of hydrogen-bond donors (Lipinski definition) is 1. The van der Waals surface area contributed by atoms with Crippen molar-refractivity contribution in [2.24, 2.45) is 0 Å². The molecule has 2 heterocycles. The molecule has 0 saturated carbocycles. The van der Waals surface area contributed by atoms with Crippen molar-refractivity contribution in [1.82, 2.24) is 10.2 Å². The maximum absolute atomic E-state index is 13.7. The number of rotatable bonds is 3. The number of carbonyl (C=O) groups excluding carboxylic acids is 1. The fourth-order valence-corrected chi connectivity index (χ4v) is 3.43. The van der Waals surface area contributed by atoms with E-state index in [0.29, 0.717) is 10.1 Å². The number of hydrogen-bond acceptors (Lipinski definition) is 5. The summed E-state index contributed by atoms with van der Waals surface area (Å²) in [6.45, 7) is 0. The van der Waals surface area contributed by atoms with Crippen LogP contribution in [0.5, 0.6) is 0 Å². The molecular formula is C13H7ClFN3OS2. The number of halogens is 2. The van der Waals surface area contributed by atoms with Crippen molar-refractivity contribution >= 4 is 45.3 Å². The van der Waals surface area contributed by atoms with Crippen LogP contribution in [0.25, 0.3) is 9.88 Å². The highest BCUT2D eigenvalue weighted by Gasteiger charge is 2.18. The summed E-state index contributed by atoms with van der Waals surface area (Å²) in [5.41, 5.74) is -0.202. The Morgan fingerprint density at radius 3 is 2.81 bits per heavy atom. The maximum atomic E-state index is 13.7. The van der Waals surface area contributed by atoms with Crippen LogP contribution in [0.4, 0.5) is 9.52 Å². The van der Waals surface area contributed by atoms with Gasteiger partial charge in [-0.1, -0.05) is 35.1 Å². The van der Waals surface area contributed by atoms with Gasteiger partial charge < -0.3 is 0 Å². The Morgan fingerprint density at radius 1 is 1.24 bits per heavy atom. The van der Waals surface area contributed by atoms with Crippen LogP contribution in [0.15, 0.2) is 35.7 Å². The van der Waals surface area contributed by atoms with Gasteiger partial charge in [0.15, 0.2) is 5.01 Å². The molecule has 1 amide bonds. The van der Waals surface area contributed by atoms with Crippen molar-refractivity contribution in [3.63, 3.8) is 0 Å². The zero-order valence-electron chi connectivity index (χ0n) is 10.3. The maximum Gasteiger partial charge on any atom is 0.261 e. The van der Waals surface area contributed by atoms with Crippen LogP contribution >= 0.6 is 34.3 Å². The van der Waals surface area contributed by atoms with Crippen molar-refractivity contribution in [1.29, 1.82) is 0 Å². The Hall–Kier alpha value is -1.83. The quantitative estimate of drug-likeness (QED) is 0.773. The molecule has 0 bridgehead atoms. The fraction of sp³-hybridized carbons (Fsp3) is 0. The van der Waals surface area contributed by atoms with Crippen molar-refractivity contribution in [3.05, 3.63) is 52.1 Å². The van der Waals surface area contributed by atoms with E-state index < -0.39 is 11.7 Å². The van der Waals surface area contributed by atoms with Crippen LogP contribution < -0.4 is 5.32 Å². The van der Waals surface area contributed by atoms with Crippen molar-refractivity contribution in [3.8, 4) is 9.88 Å². The molecule has 0 radical (unpaired) electrons. The van der Waals surface area contributed by atoms with Gasteiger partial charge in [0.05, 0.1) is 15.5 Å². The van der Waals surface area contributed by atoms with Gasteiger partial charge in [0.1, 0.15) is 5.82 Å². The molecule has 1 aromatic carbocycles. The molecule has 0 atom stereocenters. The van der Waals surface area contributed by atoms with Gasteiger partial charge in [0.25, 0.3) is 5.91 Å². The first-order valence-corrected chi connectivity index (χ1v) is 7.85. The number of nitrogens with zero attached hydrogens (tertiary/aromatic N) is 2. The summed E-state index contributed by atoms with van der Waals surface area (Å²) < 4.78 is 13.7. The van der Waals surface area contributed by atoms with E-state index in [2.05, 4.69) is 15.5 Å². The second-order valence-electron chi connectivity index (χ2n) is 3.94. The lowest BCUT2D eigenvalue weighted by Gasteiger charge is -2.04. The highest BCUT2D eigenvalue weighted by Crippen LogP contribution is 2.30. The Balaban J connectivity index is 1.82. The molecule has 0 unspecified atom stereocenters. The number of amides is 1. The smallest absolute Gasteiger partial charge is 0.261 e. The first kappa shape index (κ1) is 14.1. The van der Waals surface area contributed by atoms with Crippen LogP contribution in [-0.2, 0) is 0 Å². The standard InChI is InChI=1S/C13H7ClFN3OS2/c14-7-3-1-4-8(15)10(7)11(19)16-13-18-17-12(21-13)9-5-2-6-20-9/h1-6H,(H,16,18,19). The molecule has 0 spiro atoms. The number of thiophene rings is 1. The van der Waals surface area contributed by atoms with Crippen LogP contribution in [0, 0.1) is 5.82 Å². The zero-order valence-corrected chi connectivity index (χ0v) is 12.7. The summed E-state index contributed by atoms with van der Waals surface area (Å²) >= 11 is 8.58. The van der Waals surface area contributed by atoms with Crippen LogP contribution in [0.3, 0.4) is 0 Å². The van der Waals surface area contributed by atoms with Gasteiger partial charge in [-0.25, -0.2) is 4.39 Å². The molecule has 3 aromatic rings. The van der Waals surface area contributed by atoms with Crippen molar-refractivity contribution in [2.75, 3.05) is 5.32 Å². The van der Waals surface area contributed by atoms with Gasteiger partial charge in [-0.15, -0.1) is 21.5 Å². The topological polar surface area (TPSA) is 54.9 Å². The first-order valence-electron chi connectivity index (χ1n) is 5.78. The predicted octanol–water partition coefficient (Wildman–Crippen LogP) is 4.31. The van der Waals surface area contributed by atoms with E-state index in [9.17, 15) is 9.18 Å². The lowest BCUT2D eigenvalue weighted by molar-refractivity contribution is 0.102. The molecule has 0 aliphatic heterocycles. The average molecular weight is 340 g/mol. The molecule has 21 heavy (non-hydrogen) atoms. The van der Waals surface area contributed by atoms with Crippen LogP contribution in [0.2, 0.25) is 5.02 Å². The monoisotopic (exact) mass is 339 g/mol. The van der Waals surface area contributed by atoms with E-state index in [1.54, 1.807) is 0 Å². The highest BCUT2D eigenvalue weighted by atomic mass is 35.5. The van der Waals surface area contributed by atoms with E-state index in [-0.39, 0.29) is 10.6 Å². The van der Waals surface area contributed by atoms with Crippen LogP contribution in [-0.4, -0.2) is 16.1 Å². The molecular weight excluding hydrogens is 333 g/mol. The molecule has 3 rings (SSSR count). The summed E-state index contributed by atoms with van der Waals surface area (Å²) in [6.07, 6.45) is 0. The number of anilines is 1. The molecule has 8 heteroatoms. The minimum Gasteiger partial charge on any atom is -0.296 e. The molecule has 4 nitrogen and oxygen atoms in total. The number of benzene rings is 1. The van der Waals surface area contributed by atoms with Gasteiger partial charge in [0.2, 0.25) is 5.13 Å². The molecule has 0 aliphatic carbocycles. The lowest BCUT2D eigenvalue weighted by Crippen LogP contribution is -2.14. The van der Waals surface area contributed by atoms with Gasteiger partial charge in [-0.2, -0.15) is 0 Å². The third-order valence-electron chi connectivity index (χ3n) is 2.57. The zero-order chi connectivity index (χ0) is 14.8. The largest absolute Gasteiger partial charge is 0.296 e. The third kappa shape index (κ3) is 2.94. The molecule has 0 aliphatic rings. The normalized spacial score (nSPS) is 10.6. The predicted molar refractivity (Wildman–Crippen MR) is 82.6 cm³/mol. The number of carbonyl (C=O) groups is 1. The summed E-state index contributed by atoms with van der Waals surface area (Å²) in [5, 5.41) is 13.3. The Bertz CT molecular complexity index is 768. The fourth-order valence-electron chi connectivity index (χ4n) is 1.65. The van der Waals surface area contributed by atoms with E-state index in [1.165, 1.54) is 40.9 Å². The summed E-state index contributed by atoms with van der Waals surface area (Å²) in [5.74, 6) is -1.32. The van der Waals surface area contributed by atoms with Gasteiger partial charge in [-0.05, 0) is 23.6 Å². The SMILES string of the molecule is O=C(Nc1nnc(-c2cccs2)s1)c1c(F)cccc1Cl. The lowest BCUT2D eigenvalue weighted by atomic mass is 10.2. The van der Waals surface area contributed by atoms with E-state index in [1.807, 2.05) is 17.5 Å². The number of nitrogens with one attached hydrogen (secondary N) is 1. The Kier molecular flexibility index (Phi) is 3.96. The minimum atomic E-state index is -0.678. The van der Waals surface area contributed by atoms with E-state index >= 15 is 0 Å². The second-order valence-corrected chi connectivity index (χ2v) is 6.27. The number of aromatic nitrogens is 2. The van der Waals surface area contributed by atoms with Crippen LogP contribution in [0.1, 0.15) is 10.4 Å². The summed E-state index contributed by atoms with van der Waals surface area (Å²) in [6, 6.07) is 7.88. The van der Waals surface area contributed by atoms with Gasteiger partial charge >= 0.3 is 0 Å². The molecule has 2 aromatic heterocycles. The van der Waals surface area contributed by atoms with E-state index in [4.69, 9.17) is 11.6 Å². The van der Waals surface area contributed by atoms with Gasteiger partial charge in [-0.3, -0.25) is 10.1 Å². The summed E-state index contributed by atoms with van der Waals surface area (Å²) in [4.78, 5) is 13.0. The minimum absolute atomic E-state index is 0.0514. The highest BCUT2D eigenvalue weighted by molar-refractivity contribution is 7.23. The average Bonchev–Trinajstić information content (AvgIpc) is 3.08.